The zero-order valence-corrected chi connectivity index (χ0v) is 11.7. The second-order valence-electron chi connectivity index (χ2n) is 4.71. The summed E-state index contributed by atoms with van der Waals surface area (Å²) in [6.07, 6.45) is 1.79. The molecule has 3 N–H and O–H groups in total. The predicted octanol–water partition coefficient (Wildman–Crippen LogP) is 1.71. The number of aliphatic carboxylic acids is 1. The van der Waals surface area contributed by atoms with Gasteiger partial charge in [-0.05, 0) is 18.4 Å². The summed E-state index contributed by atoms with van der Waals surface area (Å²) in [4.78, 5) is 26.7. The number of nitrogens with one attached hydrogen (secondary N) is 2. The maximum Gasteiger partial charge on any atom is 0.326 e. The number of carboxylic acids is 1. The SMILES string of the molecule is COc1ccc(NC(=O)N[C@@H](CC(C)C)C(=O)O)cn1. The van der Waals surface area contributed by atoms with Gasteiger partial charge >= 0.3 is 12.0 Å². The van der Waals surface area contributed by atoms with Gasteiger partial charge in [0.2, 0.25) is 5.88 Å². The molecule has 0 saturated carbocycles. The number of nitrogens with zero attached hydrogens (tertiary/aromatic N) is 1. The maximum absolute atomic E-state index is 11.7. The van der Waals surface area contributed by atoms with Gasteiger partial charge in [0.15, 0.2) is 0 Å². The number of carbonyl (C=O) groups excluding carboxylic acids is 1. The van der Waals surface area contributed by atoms with Gasteiger partial charge in [0.1, 0.15) is 6.04 Å². The lowest BCUT2D eigenvalue weighted by molar-refractivity contribution is -0.139. The highest BCUT2D eigenvalue weighted by Crippen LogP contribution is 2.11. The number of aromatic nitrogens is 1. The second-order valence-corrected chi connectivity index (χ2v) is 4.71. The molecule has 1 atom stereocenters. The molecule has 2 amide bonds. The molecule has 1 rings (SSSR count). The Hall–Kier alpha value is -2.31. The van der Waals surface area contributed by atoms with E-state index >= 15 is 0 Å². The lowest BCUT2D eigenvalue weighted by Gasteiger charge is -2.16. The third-order valence-electron chi connectivity index (χ3n) is 2.51. The molecule has 1 aromatic rings. The third kappa shape index (κ3) is 5.13. The molecule has 0 aliphatic heterocycles. The predicted molar refractivity (Wildman–Crippen MR) is 73.8 cm³/mol. The van der Waals surface area contributed by atoms with Gasteiger partial charge in [-0.15, -0.1) is 0 Å². The van der Waals surface area contributed by atoms with Gasteiger partial charge in [-0.25, -0.2) is 14.6 Å². The van der Waals surface area contributed by atoms with Gasteiger partial charge in [-0.3, -0.25) is 0 Å². The minimum absolute atomic E-state index is 0.166. The molecule has 0 radical (unpaired) electrons. The Labute approximate surface area is 117 Å². The average Bonchev–Trinajstić information content (AvgIpc) is 2.38. The van der Waals surface area contributed by atoms with Crippen LogP contribution in [0, 0.1) is 5.92 Å². The lowest BCUT2D eigenvalue weighted by atomic mass is 10.0. The van der Waals surface area contributed by atoms with E-state index in [9.17, 15) is 9.59 Å². The van der Waals surface area contributed by atoms with E-state index < -0.39 is 18.0 Å². The van der Waals surface area contributed by atoms with Crippen molar-refractivity contribution in [3.05, 3.63) is 18.3 Å². The van der Waals surface area contributed by atoms with Crippen molar-refractivity contribution in [2.24, 2.45) is 5.92 Å². The first-order chi connectivity index (χ1) is 9.42. The van der Waals surface area contributed by atoms with E-state index in [-0.39, 0.29) is 5.92 Å². The van der Waals surface area contributed by atoms with Crippen LogP contribution in [0.2, 0.25) is 0 Å². The van der Waals surface area contributed by atoms with Gasteiger partial charge in [-0.2, -0.15) is 0 Å². The van der Waals surface area contributed by atoms with Crippen molar-refractivity contribution in [1.82, 2.24) is 10.3 Å². The van der Waals surface area contributed by atoms with Gasteiger partial charge in [0, 0.05) is 6.07 Å². The van der Waals surface area contributed by atoms with Crippen LogP contribution in [0.1, 0.15) is 20.3 Å². The van der Waals surface area contributed by atoms with Crippen molar-refractivity contribution in [3.8, 4) is 5.88 Å². The summed E-state index contributed by atoms with van der Waals surface area (Å²) in [6, 6.07) is 1.72. The van der Waals surface area contributed by atoms with E-state index in [2.05, 4.69) is 15.6 Å². The summed E-state index contributed by atoms with van der Waals surface area (Å²) >= 11 is 0. The largest absolute Gasteiger partial charge is 0.481 e. The molecule has 7 nitrogen and oxygen atoms in total. The first-order valence-electron chi connectivity index (χ1n) is 6.22. The van der Waals surface area contributed by atoms with Crippen molar-refractivity contribution in [2.45, 2.75) is 26.3 Å². The van der Waals surface area contributed by atoms with Crippen LogP contribution in [-0.4, -0.2) is 35.2 Å². The molecule has 0 aliphatic rings. The molecule has 0 bridgehead atoms. The van der Waals surface area contributed by atoms with Crippen LogP contribution in [0.25, 0.3) is 0 Å². The average molecular weight is 281 g/mol. The second kappa shape index (κ2) is 7.32. The van der Waals surface area contributed by atoms with Crippen molar-refractivity contribution in [2.75, 3.05) is 12.4 Å². The number of ether oxygens (including phenoxy) is 1. The Morgan fingerprint density at radius 1 is 1.40 bits per heavy atom. The number of methoxy groups -OCH3 is 1. The normalized spacial score (nSPS) is 11.8. The van der Waals surface area contributed by atoms with Gasteiger partial charge in [0.25, 0.3) is 0 Å². The fraction of sp³-hybridized carbons (Fsp3) is 0.462. The Kier molecular flexibility index (Phi) is 5.76. The minimum atomic E-state index is -1.05. The van der Waals surface area contributed by atoms with Crippen molar-refractivity contribution < 1.29 is 19.4 Å². The van der Waals surface area contributed by atoms with Crippen molar-refractivity contribution in [3.63, 3.8) is 0 Å². The smallest absolute Gasteiger partial charge is 0.326 e. The number of hydrogen-bond acceptors (Lipinski definition) is 4. The Bertz CT molecular complexity index is 459. The number of anilines is 1. The van der Waals surface area contributed by atoms with Gasteiger partial charge < -0.3 is 20.5 Å². The van der Waals surface area contributed by atoms with Crippen LogP contribution in [0.5, 0.6) is 5.88 Å². The van der Waals surface area contributed by atoms with Crippen LogP contribution in [0.15, 0.2) is 18.3 Å². The Morgan fingerprint density at radius 2 is 2.10 bits per heavy atom. The molecule has 0 unspecified atom stereocenters. The van der Waals surface area contributed by atoms with E-state index in [1.165, 1.54) is 13.3 Å². The highest BCUT2D eigenvalue weighted by Gasteiger charge is 2.20. The number of urea groups is 1. The topological polar surface area (TPSA) is 101 Å². The Balaban J connectivity index is 2.58. The highest BCUT2D eigenvalue weighted by atomic mass is 16.5. The molecule has 0 saturated heterocycles. The summed E-state index contributed by atoms with van der Waals surface area (Å²) in [7, 11) is 1.49. The summed E-state index contributed by atoms with van der Waals surface area (Å²) in [6.45, 7) is 3.78. The minimum Gasteiger partial charge on any atom is -0.481 e. The molecule has 0 fully saturated rings. The number of rotatable bonds is 6. The first kappa shape index (κ1) is 15.7. The van der Waals surface area contributed by atoms with E-state index in [0.717, 1.165) is 0 Å². The van der Waals surface area contributed by atoms with Crippen LogP contribution < -0.4 is 15.4 Å². The summed E-state index contributed by atoms with van der Waals surface area (Å²) in [5.74, 6) is -0.458. The molecule has 0 aromatic carbocycles. The molecule has 7 heteroatoms. The lowest BCUT2D eigenvalue weighted by Crippen LogP contribution is -2.43. The number of carboxylic acid groups (broad SMARTS) is 1. The van der Waals surface area contributed by atoms with Crippen LogP contribution in [-0.2, 0) is 4.79 Å². The quantitative estimate of drug-likeness (QED) is 0.737. The number of amides is 2. The molecule has 0 aliphatic carbocycles. The fourth-order valence-electron chi connectivity index (χ4n) is 1.59. The monoisotopic (exact) mass is 281 g/mol. The number of hydrogen-bond donors (Lipinski definition) is 3. The summed E-state index contributed by atoms with van der Waals surface area (Å²) < 4.78 is 4.90. The fourth-order valence-corrected chi connectivity index (χ4v) is 1.59. The van der Waals surface area contributed by atoms with Crippen molar-refractivity contribution in [1.29, 1.82) is 0 Å². The summed E-state index contributed by atoms with van der Waals surface area (Å²) in [5, 5.41) is 14.0. The van der Waals surface area contributed by atoms with Gasteiger partial charge in [0.05, 0.1) is 19.0 Å². The molecular formula is C13H19N3O4. The zero-order chi connectivity index (χ0) is 15.1. The van der Waals surface area contributed by atoms with E-state index in [1.54, 1.807) is 12.1 Å². The van der Waals surface area contributed by atoms with E-state index in [1.807, 2.05) is 13.8 Å². The molecule has 0 spiro atoms. The highest BCUT2D eigenvalue weighted by molar-refractivity contribution is 5.92. The zero-order valence-electron chi connectivity index (χ0n) is 11.7. The third-order valence-corrected chi connectivity index (χ3v) is 2.51. The molecule has 1 heterocycles. The van der Waals surface area contributed by atoms with Crippen LogP contribution >= 0.6 is 0 Å². The molecule has 20 heavy (non-hydrogen) atoms. The Morgan fingerprint density at radius 3 is 2.55 bits per heavy atom. The summed E-state index contributed by atoms with van der Waals surface area (Å²) in [5.41, 5.74) is 0.456. The van der Waals surface area contributed by atoms with E-state index in [4.69, 9.17) is 9.84 Å². The molecule has 1 aromatic heterocycles. The molecule has 110 valence electrons. The van der Waals surface area contributed by atoms with Gasteiger partial charge in [-0.1, -0.05) is 13.8 Å². The van der Waals surface area contributed by atoms with Crippen LogP contribution in [0.4, 0.5) is 10.5 Å². The van der Waals surface area contributed by atoms with Crippen LogP contribution in [0.3, 0.4) is 0 Å². The molecular weight excluding hydrogens is 262 g/mol. The maximum atomic E-state index is 11.7. The standard InChI is InChI=1S/C13H19N3O4/c1-8(2)6-10(12(17)18)16-13(19)15-9-4-5-11(20-3)14-7-9/h4-5,7-8,10H,6H2,1-3H3,(H,17,18)(H2,15,16,19)/t10-/m0/s1. The first-order valence-corrected chi connectivity index (χ1v) is 6.22. The van der Waals surface area contributed by atoms with E-state index in [0.29, 0.717) is 18.0 Å². The number of pyridine rings is 1. The number of carbonyl (C=O) groups is 2. The van der Waals surface area contributed by atoms with Crippen molar-refractivity contribution >= 4 is 17.7 Å².